The van der Waals surface area contributed by atoms with Gasteiger partial charge in [-0.2, -0.15) is 4.31 Å². The maximum atomic E-state index is 12.8. The Morgan fingerprint density at radius 1 is 1.24 bits per heavy atom. The molecule has 1 saturated carbocycles. The summed E-state index contributed by atoms with van der Waals surface area (Å²) in [5, 5.41) is 12.3. The molecule has 10 heteroatoms. The third-order valence-corrected chi connectivity index (χ3v) is 8.83. The van der Waals surface area contributed by atoms with Gasteiger partial charge in [-0.25, -0.2) is 8.42 Å². The monoisotopic (exact) mass is 491 g/mol. The second-order valence-corrected chi connectivity index (χ2v) is 10.9. The van der Waals surface area contributed by atoms with Crippen molar-refractivity contribution in [2.24, 2.45) is 0 Å². The van der Waals surface area contributed by atoms with Gasteiger partial charge >= 0.3 is 0 Å². The third-order valence-electron chi connectivity index (χ3n) is 5.82. The van der Waals surface area contributed by atoms with Crippen LogP contribution in [0.3, 0.4) is 0 Å². The summed E-state index contributed by atoms with van der Waals surface area (Å²) < 4.78 is 29.0. The quantitative estimate of drug-likeness (QED) is 0.372. The minimum Gasteiger partial charge on any atom is -0.325 e. The van der Waals surface area contributed by atoms with E-state index in [-0.39, 0.29) is 16.6 Å². The first-order chi connectivity index (χ1) is 15.9. The van der Waals surface area contributed by atoms with Crippen molar-refractivity contribution in [3.8, 4) is 0 Å². The number of rotatable bonds is 11. The van der Waals surface area contributed by atoms with Crippen molar-refractivity contribution in [3.63, 3.8) is 0 Å². The Bertz CT molecular complexity index is 1060. The zero-order chi connectivity index (χ0) is 23.8. The van der Waals surface area contributed by atoms with Gasteiger partial charge in [-0.3, -0.25) is 4.79 Å². The molecule has 1 aliphatic carbocycles. The molecule has 1 aromatic carbocycles. The van der Waals surface area contributed by atoms with Gasteiger partial charge < -0.3 is 9.88 Å². The van der Waals surface area contributed by atoms with E-state index >= 15 is 0 Å². The van der Waals surface area contributed by atoms with Crippen molar-refractivity contribution in [3.05, 3.63) is 42.7 Å². The van der Waals surface area contributed by atoms with Crippen LogP contribution in [0.2, 0.25) is 0 Å². The summed E-state index contributed by atoms with van der Waals surface area (Å²) in [7, 11) is -3.59. The Morgan fingerprint density at radius 3 is 2.64 bits per heavy atom. The molecule has 2 aromatic rings. The minimum absolute atomic E-state index is 0.146. The lowest BCUT2D eigenvalue weighted by molar-refractivity contribution is -0.113. The van der Waals surface area contributed by atoms with Crippen LogP contribution in [0.25, 0.3) is 0 Å². The average molecular weight is 492 g/mol. The first-order valence-electron chi connectivity index (χ1n) is 11.5. The molecule has 0 spiro atoms. The molecule has 1 fully saturated rings. The van der Waals surface area contributed by atoms with Gasteiger partial charge in [0.25, 0.3) is 0 Å². The fourth-order valence-corrected chi connectivity index (χ4v) is 6.40. The van der Waals surface area contributed by atoms with E-state index in [0.29, 0.717) is 36.4 Å². The number of anilines is 1. The van der Waals surface area contributed by atoms with Gasteiger partial charge in [0.1, 0.15) is 5.82 Å². The van der Waals surface area contributed by atoms with E-state index in [1.54, 1.807) is 32.0 Å². The lowest BCUT2D eigenvalue weighted by Crippen LogP contribution is -2.30. The molecule has 0 radical (unpaired) electrons. The first-order valence-corrected chi connectivity index (χ1v) is 13.9. The molecular weight excluding hydrogens is 458 g/mol. The molecule has 1 amide bonds. The van der Waals surface area contributed by atoms with Gasteiger partial charge in [0.2, 0.25) is 15.9 Å². The van der Waals surface area contributed by atoms with Crippen LogP contribution in [-0.4, -0.2) is 52.2 Å². The highest BCUT2D eigenvalue weighted by atomic mass is 32.2. The zero-order valence-electron chi connectivity index (χ0n) is 19.4. The van der Waals surface area contributed by atoms with E-state index < -0.39 is 10.0 Å². The first kappa shape index (κ1) is 25.5. The maximum Gasteiger partial charge on any atom is 0.243 e. The number of hydrogen-bond acceptors (Lipinski definition) is 6. The van der Waals surface area contributed by atoms with Gasteiger partial charge in [0, 0.05) is 31.2 Å². The molecule has 1 heterocycles. The fourth-order valence-electron chi connectivity index (χ4n) is 4.14. The van der Waals surface area contributed by atoms with Crippen molar-refractivity contribution < 1.29 is 13.2 Å². The number of nitrogens with zero attached hydrogens (tertiary/aromatic N) is 4. The van der Waals surface area contributed by atoms with E-state index in [1.165, 1.54) is 41.4 Å². The predicted molar refractivity (Wildman–Crippen MR) is 132 cm³/mol. The van der Waals surface area contributed by atoms with Crippen LogP contribution in [0, 0.1) is 0 Å². The topological polar surface area (TPSA) is 97.2 Å². The Balaban J connectivity index is 1.66. The molecule has 0 atom stereocenters. The van der Waals surface area contributed by atoms with Gasteiger partial charge in [-0.05, 0) is 31.0 Å². The lowest BCUT2D eigenvalue weighted by Gasteiger charge is -2.21. The van der Waals surface area contributed by atoms with Crippen LogP contribution >= 0.6 is 11.8 Å². The normalized spacial score (nSPS) is 15.0. The summed E-state index contributed by atoms with van der Waals surface area (Å²) in [5.41, 5.74) is 0.448. The highest BCUT2D eigenvalue weighted by Gasteiger charge is 2.24. The number of amides is 1. The highest BCUT2D eigenvalue weighted by Crippen LogP contribution is 2.33. The lowest BCUT2D eigenvalue weighted by atomic mass is 9.89. The minimum atomic E-state index is -3.59. The summed E-state index contributed by atoms with van der Waals surface area (Å²) in [6, 6.07) is 6.36. The Hall–Kier alpha value is -2.17. The van der Waals surface area contributed by atoms with E-state index in [0.717, 1.165) is 18.7 Å². The average Bonchev–Trinajstić information content (AvgIpc) is 3.22. The van der Waals surface area contributed by atoms with Crippen LogP contribution in [0.1, 0.15) is 57.7 Å². The molecule has 33 heavy (non-hydrogen) atoms. The molecule has 0 saturated heterocycles. The van der Waals surface area contributed by atoms with Crippen LogP contribution in [0.15, 0.2) is 47.0 Å². The zero-order valence-corrected chi connectivity index (χ0v) is 21.0. The number of sulfonamides is 1. The van der Waals surface area contributed by atoms with Crippen molar-refractivity contribution in [1.82, 2.24) is 19.1 Å². The van der Waals surface area contributed by atoms with E-state index in [1.807, 2.05) is 6.08 Å². The molecule has 3 rings (SSSR count). The van der Waals surface area contributed by atoms with Crippen molar-refractivity contribution >= 4 is 33.4 Å². The second-order valence-electron chi connectivity index (χ2n) is 8.03. The Morgan fingerprint density at radius 2 is 1.97 bits per heavy atom. The van der Waals surface area contributed by atoms with Gasteiger partial charge in [-0.1, -0.05) is 57.0 Å². The molecule has 8 nitrogen and oxygen atoms in total. The van der Waals surface area contributed by atoms with Gasteiger partial charge in [0.15, 0.2) is 5.16 Å². The van der Waals surface area contributed by atoms with E-state index in [9.17, 15) is 13.2 Å². The van der Waals surface area contributed by atoms with Crippen molar-refractivity contribution in [1.29, 1.82) is 0 Å². The molecule has 0 bridgehead atoms. The number of carbonyl (C=O) groups excluding carboxylic acids is 1. The van der Waals surface area contributed by atoms with Crippen LogP contribution < -0.4 is 5.32 Å². The third kappa shape index (κ3) is 6.24. The second kappa shape index (κ2) is 11.8. The molecule has 0 aliphatic heterocycles. The van der Waals surface area contributed by atoms with E-state index in [4.69, 9.17) is 0 Å². The summed E-state index contributed by atoms with van der Waals surface area (Å²) in [5.74, 6) is 1.30. The summed E-state index contributed by atoms with van der Waals surface area (Å²) >= 11 is 1.32. The van der Waals surface area contributed by atoms with Crippen LogP contribution in [0.4, 0.5) is 5.69 Å². The Kier molecular flexibility index (Phi) is 9.10. The highest BCUT2D eigenvalue weighted by molar-refractivity contribution is 7.99. The largest absolute Gasteiger partial charge is 0.325 e. The summed E-state index contributed by atoms with van der Waals surface area (Å²) in [4.78, 5) is 12.8. The maximum absolute atomic E-state index is 12.8. The number of allylic oxidation sites excluding steroid dienone is 1. The number of thioether (sulfide) groups is 1. The molecule has 1 aliphatic rings. The van der Waals surface area contributed by atoms with Crippen LogP contribution in [-0.2, 0) is 21.4 Å². The fraction of sp³-hybridized carbons (Fsp3) is 0.522. The van der Waals surface area contributed by atoms with Gasteiger partial charge in [0.05, 0.1) is 10.6 Å². The van der Waals surface area contributed by atoms with Gasteiger partial charge in [-0.15, -0.1) is 16.8 Å². The van der Waals surface area contributed by atoms with Crippen LogP contribution in [0.5, 0.6) is 0 Å². The van der Waals surface area contributed by atoms with Crippen molar-refractivity contribution in [2.45, 2.75) is 68.5 Å². The Labute approximate surface area is 200 Å². The number of nitrogens with one attached hydrogen (secondary N) is 1. The smallest absolute Gasteiger partial charge is 0.243 e. The number of benzene rings is 1. The van der Waals surface area contributed by atoms with Crippen molar-refractivity contribution in [2.75, 3.05) is 24.2 Å². The molecule has 0 unspecified atom stereocenters. The molecule has 1 aromatic heterocycles. The standard InChI is InChI=1S/C23H33N5O3S2/c1-4-15-28-22(18-11-8-7-9-12-18)25-26-23(28)32-17-21(29)24-19-13-10-14-20(16-19)33(30,31)27(5-2)6-3/h4,10,13-14,16,18H,1,5-9,11-12,15,17H2,2-3H3,(H,24,29). The predicted octanol–water partition coefficient (Wildman–Crippen LogP) is 4.27. The molecule has 1 N–H and O–H groups in total. The summed E-state index contributed by atoms with van der Waals surface area (Å²) in [6.45, 7) is 8.83. The number of aromatic nitrogens is 3. The molecule has 180 valence electrons. The number of hydrogen-bond donors (Lipinski definition) is 1. The number of carbonyl (C=O) groups is 1. The van der Waals surface area contributed by atoms with E-state index in [2.05, 4.69) is 26.7 Å². The SMILES string of the molecule is C=CCn1c(SCC(=O)Nc2cccc(S(=O)(=O)N(CC)CC)c2)nnc1C1CCCCC1. The summed E-state index contributed by atoms with van der Waals surface area (Å²) in [6.07, 6.45) is 7.74. The molecular formula is C23H33N5O3S2.